The van der Waals surface area contributed by atoms with E-state index in [1.807, 2.05) is 0 Å². The van der Waals surface area contributed by atoms with Crippen LogP contribution in [0.2, 0.25) is 0 Å². The molecule has 6 nitrogen and oxygen atoms in total. The number of amides is 1. The molecule has 2 atom stereocenters. The second-order valence-electron chi connectivity index (χ2n) is 18.2. The van der Waals surface area contributed by atoms with Gasteiger partial charge in [0.1, 0.15) is 0 Å². The standard InChI is InChI=1S/C55H103NO5/c1-3-5-7-9-11-13-15-17-19-20-22-24-29-33-37-41-45-49-55(60)61-50-46-42-38-34-30-26-25-28-32-36-40-44-48-54(59)56-52(51-57)53(58)47-43-39-35-31-27-23-21-18-16-14-12-10-8-6-4-2/h11,13,17,19,26,30,52-53,57-58H,3-10,12,14-16,18,20-25,27-29,31-51H2,1-2H3,(H,56,59)/b13-11-,19-17-,30-26-. The summed E-state index contributed by atoms with van der Waals surface area (Å²) in [5, 5.41) is 23.2. The maximum Gasteiger partial charge on any atom is 0.305 e. The Morgan fingerprint density at radius 2 is 0.820 bits per heavy atom. The number of allylic oxidation sites excluding steroid dienone is 6. The van der Waals surface area contributed by atoms with Crippen molar-refractivity contribution >= 4 is 11.9 Å². The number of unbranched alkanes of at least 4 members (excludes halogenated alkanes) is 32. The lowest BCUT2D eigenvalue weighted by atomic mass is 10.0. The molecule has 0 aliphatic heterocycles. The number of carbonyl (C=O) groups excluding carboxylic acids is 2. The molecule has 0 radical (unpaired) electrons. The van der Waals surface area contributed by atoms with Crippen LogP contribution < -0.4 is 5.32 Å². The topological polar surface area (TPSA) is 95.9 Å². The number of carbonyl (C=O) groups is 2. The smallest absolute Gasteiger partial charge is 0.305 e. The van der Waals surface area contributed by atoms with Gasteiger partial charge in [-0.05, 0) is 89.9 Å². The molecule has 0 spiro atoms. The summed E-state index contributed by atoms with van der Waals surface area (Å²) >= 11 is 0. The van der Waals surface area contributed by atoms with Gasteiger partial charge in [0.2, 0.25) is 5.91 Å². The molecule has 0 saturated carbocycles. The molecule has 0 aromatic carbocycles. The van der Waals surface area contributed by atoms with Crippen molar-refractivity contribution in [3.05, 3.63) is 36.5 Å². The van der Waals surface area contributed by atoms with Gasteiger partial charge in [-0.15, -0.1) is 0 Å². The van der Waals surface area contributed by atoms with Crippen LogP contribution in [0.15, 0.2) is 36.5 Å². The molecule has 0 rings (SSSR count). The van der Waals surface area contributed by atoms with Crippen molar-refractivity contribution in [3.63, 3.8) is 0 Å². The molecule has 0 heterocycles. The third-order valence-corrected chi connectivity index (χ3v) is 12.2. The molecular formula is C55H103NO5. The lowest BCUT2D eigenvalue weighted by Gasteiger charge is -2.22. The predicted molar refractivity (Wildman–Crippen MR) is 264 cm³/mol. The molecule has 0 fully saturated rings. The number of esters is 1. The summed E-state index contributed by atoms with van der Waals surface area (Å²) in [5.74, 6) is -0.0920. The van der Waals surface area contributed by atoms with Crippen LogP contribution >= 0.6 is 0 Å². The van der Waals surface area contributed by atoms with Crippen LogP contribution in [0.3, 0.4) is 0 Å². The highest BCUT2D eigenvalue weighted by atomic mass is 16.5. The fourth-order valence-corrected chi connectivity index (χ4v) is 8.02. The Bertz CT molecular complexity index is 993. The van der Waals surface area contributed by atoms with E-state index < -0.39 is 12.1 Å². The highest BCUT2D eigenvalue weighted by molar-refractivity contribution is 5.76. The lowest BCUT2D eigenvalue weighted by molar-refractivity contribution is -0.143. The minimum atomic E-state index is -0.681. The van der Waals surface area contributed by atoms with Crippen LogP contribution in [0.5, 0.6) is 0 Å². The first kappa shape index (κ1) is 59.1. The summed E-state index contributed by atoms with van der Waals surface area (Å²) in [7, 11) is 0. The first-order valence-electron chi connectivity index (χ1n) is 26.7. The van der Waals surface area contributed by atoms with Gasteiger partial charge in [-0.3, -0.25) is 9.59 Å². The molecule has 0 saturated heterocycles. The molecule has 2 unspecified atom stereocenters. The zero-order valence-electron chi connectivity index (χ0n) is 40.6. The SMILES string of the molecule is CCCCC/C=C\C/C=C\CCCCCCCCCC(=O)OCCCCC/C=C\CCCCCCCC(=O)NC(CO)C(O)CCCCCCCCCCCCCCCCC. The van der Waals surface area contributed by atoms with Crippen molar-refractivity contribution in [3.8, 4) is 0 Å². The summed E-state index contributed by atoms with van der Waals surface area (Å²) in [5.41, 5.74) is 0. The van der Waals surface area contributed by atoms with Gasteiger partial charge in [0.05, 0.1) is 25.4 Å². The van der Waals surface area contributed by atoms with Crippen LogP contribution in [0, 0.1) is 0 Å². The van der Waals surface area contributed by atoms with E-state index in [4.69, 9.17) is 4.74 Å². The summed E-state index contributed by atoms with van der Waals surface area (Å²) in [6.07, 6.45) is 61.1. The maximum absolute atomic E-state index is 12.4. The van der Waals surface area contributed by atoms with Crippen LogP contribution in [-0.2, 0) is 14.3 Å². The van der Waals surface area contributed by atoms with Crippen molar-refractivity contribution in [1.29, 1.82) is 0 Å². The zero-order chi connectivity index (χ0) is 44.4. The molecule has 0 aliphatic carbocycles. The molecule has 0 bridgehead atoms. The van der Waals surface area contributed by atoms with E-state index in [1.54, 1.807) is 0 Å². The molecule has 0 aromatic heterocycles. The normalized spacial score (nSPS) is 12.9. The van der Waals surface area contributed by atoms with E-state index in [1.165, 1.54) is 161 Å². The molecule has 6 heteroatoms. The second kappa shape index (κ2) is 50.7. The lowest BCUT2D eigenvalue weighted by Crippen LogP contribution is -2.45. The minimum Gasteiger partial charge on any atom is -0.466 e. The van der Waals surface area contributed by atoms with Gasteiger partial charge in [0.15, 0.2) is 0 Å². The first-order valence-corrected chi connectivity index (χ1v) is 26.7. The van der Waals surface area contributed by atoms with E-state index in [0.717, 1.165) is 83.5 Å². The van der Waals surface area contributed by atoms with E-state index in [2.05, 4.69) is 55.6 Å². The predicted octanol–water partition coefficient (Wildman–Crippen LogP) is 16.1. The number of nitrogens with one attached hydrogen (secondary N) is 1. The van der Waals surface area contributed by atoms with Gasteiger partial charge >= 0.3 is 5.97 Å². The zero-order valence-corrected chi connectivity index (χ0v) is 40.6. The van der Waals surface area contributed by atoms with E-state index in [0.29, 0.717) is 25.9 Å². The van der Waals surface area contributed by atoms with Gasteiger partial charge in [-0.25, -0.2) is 0 Å². The third-order valence-electron chi connectivity index (χ3n) is 12.2. The Hall–Kier alpha value is -1.92. The highest BCUT2D eigenvalue weighted by Crippen LogP contribution is 2.16. The molecular weight excluding hydrogens is 755 g/mol. The highest BCUT2D eigenvalue weighted by Gasteiger charge is 2.20. The number of hydrogen-bond acceptors (Lipinski definition) is 5. The molecule has 358 valence electrons. The number of aliphatic hydroxyl groups is 2. The van der Waals surface area contributed by atoms with Crippen molar-refractivity contribution in [2.75, 3.05) is 13.2 Å². The molecule has 1 amide bonds. The van der Waals surface area contributed by atoms with Crippen LogP contribution in [0.1, 0.15) is 277 Å². The number of aliphatic hydroxyl groups excluding tert-OH is 2. The molecule has 3 N–H and O–H groups in total. The quantitative estimate of drug-likeness (QED) is 0.0322. The Kier molecular flexibility index (Phi) is 49.1. The van der Waals surface area contributed by atoms with Crippen LogP contribution in [0.4, 0.5) is 0 Å². The summed E-state index contributed by atoms with van der Waals surface area (Å²) in [4.78, 5) is 24.5. The van der Waals surface area contributed by atoms with Crippen molar-refractivity contribution in [2.24, 2.45) is 0 Å². The Labute approximate surface area is 379 Å². The van der Waals surface area contributed by atoms with Gasteiger partial charge in [0.25, 0.3) is 0 Å². The number of rotatable bonds is 49. The summed E-state index contributed by atoms with van der Waals surface area (Å²) in [6.45, 7) is 4.86. The Balaban J connectivity index is 3.51. The molecule has 61 heavy (non-hydrogen) atoms. The van der Waals surface area contributed by atoms with E-state index in [9.17, 15) is 19.8 Å². The van der Waals surface area contributed by atoms with Crippen molar-refractivity contribution in [1.82, 2.24) is 5.32 Å². The Morgan fingerprint density at radius 1 is 0.459 bits per heavy atom. The van der Waals surface area contributed by atoms with Crippen LogP contribution in [-0.4, -0.2) is 47.4 Å². The van der Waals surface area contributed by atoms with Crippen molar-refractivity contribution < 1.29 is 24.5 Å². The first-order chi connectivity index (χ1) is 30.0. The fourth-order valence-electron chi connectivity index (χ4n) is 8.02. The molecule has 0 aliphatic rings. The molecule has 0 aromatic rings. The Morgan fingerprint density at radius 3 is 1.30 bits per heavy atom. The third kappa shape index (κ3) is 47.4. The average Bonchev–Trinajstić information content (AvgIpc) is 3.26. The van der Waals surface area contributed by atoms with Crippen molar-refractivity contribution in [2.45, 2.75) is 289 Å². The van der Waals surface area contributed by atoms with E-state index >= 15 is 0 Å². The van der Waals surface area contributed by atoms with Gasteiger partial charge in [0, 0.05) is 12.8 Å². The monoisotopic (exact) mass is 858 g/mol. The second-order valence-corrected chi connectivity index (χ2v) is 18.2. The minimum absolute atomic E-state index is 0.0307. The number of hydrogen-bond donors (Lipinski definition) is 3. The van der Waals surface area contributed by atoms with Gasteiger partial charge < -0.3 is 20.3 Å². The largest absolute Gasteiger partial charge is 0.466 e. The van der Waals surface area contributed by atoms with Gasteiger partial charge in [-0.1, -0.05) is 211 Å². The van der Waals surface area contributed by atoms with E-state index in [-0.39, 0.29) is 18.5 Å². The summed E-state index contributed by atoms with van der Waals surface area (Å²) in [6, 6.07) is -0.561. The summed E-state index contributed by atoms with van der Waals surface area (Å²) < 4.78 is 5.45. The average molecular weight is 858 g/mol. The number of ether oxygens (including phenoxy) is 1. The van der Waals surface area contributed by atoms with Crippen LogP contribution in [0.25, 0.3) is 0 Å². The maximum atomic E-state index is 12.4. The fraction of sp³-hybridized carbons (Fsp3) is 0.855. The van der Waals surface area contributed by atoms with Gasteiger partial charge in [-0.2, -0.15) is 0 Å².